The van der Waals surface area contributed by atoms with E-state index in [1.165, 1.54) is 12.1 Å². The number of benzene rings is 1. The Hall–Kier alpha value is -1.94. The minimum Gasteiger partial charge on any atom is -0.389 e. The molecular formula is C14H15FN2O. The molecule has 1 heterocycles. The molecule has 0 saturated heterocycles. The van der Waals surface area contributed by atoms with Gasteiger partial charge in [-0.3, -0.25) is 0 Å². The van der Waals surface area contributed by atoms with Gasteiger partial charge in [0.05, 0.1) is 6.10 Å². The van der Waals surface area contributed by atoms with Gasteiger partial charge in [-0.15, -0.1) is 0 Å². The summed E-state index contributed by atoms with van der Waals surface area (Å²) in [6.45, 7) is 1.68. The second-order valence-corrected chi connectivity index (χ2v) is 4.13. The molecule has 0 bridgehead atoms. The molecule has 2 aromatic rings. The molecule has 0 radical (unpaired) electrons. The first-order chi connectivity index (χ1) is 8.59. The number of aromatic nitrogens is 1. The van der Waals surface area contributed by atoms with Crippen molar-refractivity contribution >= 4 is 11.5 Å². The van der Waals surface area contributed by atoms with Gasteiger partial charge < -0.3 is 10.0 Å². The number of nitrogens with zero attached hydrogens (tertiary/aromatic N) is 2. The van der Waals surface area contributed by atoms with E-state index in [4.69, 9.17) is 0 Å². The summed E-state index contributed by atoms with van der Waals surface area (Å²) in [7, 11) is 1.79. The number of hydrogen-bond acceptors (Lipinski definition) is 3. The molecule has 0 unspecified atom stereocenters. The quantitative estimate of drug-likeness (QED) is 0.904. The number of anilines is 2. The van der Waals surface area contributed by atoms with E-state index in [2.05, 4.69) is 4.98 Å². The van der Waals surface area contributed by atoms with Crippen LogP contribution < -0.4 is 4.90 Å². The molecule has 0 aliphatic carbocycles. The maximum atomic E-state index is 13.2. The average molecular weight is 246 g/mol. The first-order valence-corrected chi connectivity index (χ1v) is 5.72. The highest BCUT2D eigenvalue weighted by molar-refractivity contribution is 5.62. The van der Waals surface area contributed by atoms with Crippen molar-refractivity contribution < 1.29 is 9.50 Å². The van der Waals surface area contributed by atoms with E-state index in [-0.39, 0.29) is 5.82 Å². The minimum absolute atomic E-state index is 0.297. The number of pyridine rings is 1. The van der Waals surface area contributed by atoms with E-state index in [1.807, 2.05) is 6.07 Å². The normalized spacial score (nSPS) is 12.2. The van der Waals surface area contributed by atoms with E-state index >= 15 is 0 Å². The van der Waals surface area contributed by atoms with Crippen LogP contribution >= 0.6 is 0 Å². The second-order valence-electron chi connectivity index (χ2n) is 4.13. The Morgan fingerprint density at radius 3 is 2.72 bits per heavy atom. The summed E-state index contributed by atoms with van der Waals surface area (Å²) in [5.41, 5.74) is 1.40. The van der Waals surface area contributed by atoms with E-state index in [0.29, 0.717) is 17.1 Å². The van der Waals surface area contributed by atoms with Crippen molar-refractivity contribution in [1.29, 1.82) is 0 Å². The SMILES string of the molecule is C[C@@H](O)c1cccnc1N(C)c1cccc(F)c1. The molecule has 1 aromatic carbocycles. The van der Waals surface area contributed by atoms with Crippen LogP contribution in [0.3, 0.4) is 0 Å². The van der Waals surface area contributed by atoms with Crippen LogP contribution in [0.25, 0.3) is 0 Å². The molecular weight excluding hydrogens is 231 g/mol. The van der Waals surface area contributed by atoms with Crippen LogP contribution in [-0.4, -0.2) is 17.1 Å². The summed E-state index contributed by atoms with van der Waals surface area (Å²) in [6, 6.07) is 9.84. The van der Waals surface area contributed by atoms with Crippen molar-refractivity contribution in [2.24, 2.45) is 0 Å². The number of rotatable bonds is 3. The largest absolute Gasteiger partial charge is 0.389 e. The maximum absolute atomic E-state index is 13.2. The number of hydrogen-bond donors (Lipinski definition) is 1. The smallest absolute Gasteiger partial charge is 0.138 e. The zero-order valence-corrected chi connectivity index (χ0v) is 10.3. The standard InChI is InChI=1S/C14H15FN2O/c1-10(18)13-7-4-8-16-14(13)17(2)12-6-3-5-11(15)9-12/h3-10,18H,1-2H3/t10-/m1/s1. The molecule has 94 valence electrons. The Morgan fingerprint density at radius 1 is 1.28 bits per heavy atom. The van der Waals surface area contributed by atoms with Crippen molar-refractivity contribution in [3.05, 3.63) is 54.0 Å². The molecule has 0 spiro atoms. The molecule has 3 nitrogen and oxygen atoms in total. The van der Waals surface area contributed by atoms with E-state index in [0.717, 1.165) is 0 Å². The van der Waals surface area contributed by atoms with Crippen molar-refractivity contribution in [2.75, 3.05) is 11.9 Å². The average Bonchev–Trinajstić information content (AvgIpc) is 2.38. The fraction of sp³-hybridized carbons (Fsp3) is 0.214. The Labute approximate surface area is 106 Å². The number of halogens is 1. The molecule has 18 heavy (non-hydrogen) atoms. The van der Waals surface area contributed by atoms with Crippen molar-refractivity contribution in [3.63, 3.8) is 0 Å². The lowest BCUT2D eigenvalue weighted by Crippen LogP contribution is -2.14. The Bertz CT molecular complexity index is 543. The number of aliphatic hydroxyl groups excluding tert-OH is 1. The first-order valence-electron chi connectivity index (χ1n) is 5.72. The van der Waals surface area contributed by atoms with E-state index in [1.54, 1.807) is 43.3 Å². The van der Waals surface area contributed by atoms with Gasteiger partial charge in [-0.2, -0.15) is 0 Å². The third kappa shape index (κ3) is 2.49. The molecule has 2 rings (SSSR count). The molecule has 1 atom stereocenters. The molecule has 0 saturated carbocycles. The van der Waals surface area contributed by atoms with Crippen molar-refractivity contribution in [2.45, 2.75) is 13.0 Å². The van der Waals surface area contributed by atoms with Gasteiger partial charge in [-0.05, 0) is 31.2 Å². The lowest BCUT2D eigenvalue weighted by molar-refractivity contribution is 0.199. The third-order valence-electron chi connectivity index (χ3n) is 2.78. The first kappa shape index (κ1) is 12.5. The lowest BCUT2D eigenvalue weighted by atomic mass is 10.1. The second kappa shape index (κ2) is 5.14. The topological polar surface area (TPSA) is 36.4 Å². The van der Waals surface area contributed by atoms with Gasteiger partial charge >= 0.3 is 0 Å². The van der Waals surface area contributed by atoms with E-state index < -0.39 is 6.10 Å². The fourth-order valence-corrected chi connectivity index (χ4v) is 1.82. The van der Waals surface area contributed by atoms with Gasteiger partial charge in [0.25, 0.3) is 0 Å². The zero-order valence-electron chi connectivity index (χ0n) is 10.3. The van der Waals surface area contributed by atoms with Crippen LogP contribution in [0.4, 0.5) is 15.9 Å². The maximum Gasteiger partial charge on any atom is 0.138 e. The molecule has 0 fully saturated rings. The van der Waals surface area contributed by atoms with Crippen molar-refractivity contribution in [3.8, 4) is 0 Å². The minimum atomic E-state index is -0.621. The molecule has 0 aliphatic heterocycles. The summed E-state index contributed by atoms with van der Waals surface area (Å²) in [5, 5.41) is 9.71. The Balaban J connectivity index is 2.43. The predicted molar refractivity (Wildman–Crippen MR) is 69.3 cm³/mol. The summed E-state index contributed by atoms with van der Waals surface area (Å²) in [4.78, 5) is 6.00. The van der Waals surface area contributed by atoms with Gasteiger partial charge in [0, 0.05) is 24.5 Å². The highest BCUT2D eigenvalue weighted by Gasteiger charge is 2.14. The third-order valence-corrected chi connectivity index (χ3v) is 2.78. The van der Waals surface area contributed by atoms with Crippen LogP contribution in [0.5, 0.6) is 0 Å². The zero-order chi connectivity index (χ0) is 13.1. The van der Waals surface area contributed by atoms with Crippen LogP contribution in [0, 0.1) is 5.82 Å². The van der Waals surface area contributed by atoms with Gasteiger partial charge in [-0.1, -0.05) is 12.1 Å². The van der Waals surface area contributed by atoms with Gasteiger partial charge in [0.15, 0.2) is 0 Å². The molecule has 1 aromatic heterocycles. The van der Waals surface area contributed by atoms with Crippen LogP contribution in [0.1, 0.15) is 18.6 Å². The molecule has 1 N–H and O–H groups in total. The summed E-state index contributed by atoms with van der Waals surface area (Å²) < 4.78 is 13.2. The van der Waals surface area contributed by atoms with Gasteiger partial charge in [-0.25, -0.2) is 9.37 Å². The predicted octanol–water partition coefficient (Wildman–Crippen LogP) is 3.04. The van der Waals surface area contributed by atoms with Gasteiger partial charge in [0.2, 0.25) is 0 Å². The number of aliphatic hydroxyl groups is 1. The summed E-state index contributed by atoms with van der Waals surface area (Å²) in [6.07, 6.45) is 1.03. The highest BCUT2D eigenvalue weighted by atomic mass is 19.1. The monoisotopic (exact) mass is 246 g/mol. The highest BCUT2D eigenvalue weighted by Crippen LogP contribution is 2.28. The lowest BCUT2D eigenvalue weighted by Gasteiger charge is -2.22. The summed E-state index contributed by atoms with van der Waals surface area (Å²) >= 11 is 0. The Kier molecular flexibility index (Phi) is 3.58. The van der Waals surface area contributed by atoms with Gasteiger partial charge in [0.1, 0.15) is 11.6 Å². The fourth-order valence-electron chi connectivity index (χ4n) is 1.82. The molecule has 0 amide bonds. The van der Waals surface area contributed by atoms with Crippen LogP contribution in [0.2, 0.25) is 0 Å². The van der Waals surface area contributed by atoms with Crippen LogP contribution in [-0.2, 0) is 0 Å². The van der Waals surface area contributed by atoms with Crippen LogP contribution in [0.15, 0.2) is 42.6 Å². The summed E-state index contributed by atoms with van der Waals surface area (Å²) in [5.74, 6) is 0.326. The van der Waals surface area contributed by atoms with Crippen molar-refractivity contribution in [1.82, 2.24) is 4.98 Å². The Morgan fingerprint density at radius 2 is 2.06 bits per heavy atom. The van der Waals surface area contributed by atoms with E-state index in [9.17, 15) is 9.50 Å². The molecule has 4 heteroatoms. The molecule has 0 aliphatic rings.